The number of hydrogen-bond donors (Lipinski definition) is 1. The Hall–Kier alpha value is -1.99. The van der Waals surface area contributed by atoms with Gasteiger partial charge in [0.1, 0.15) is 16.3 Å². The molecule has 0 saturated carbocycles. The van der Waals surface area contributed by atoms with Gasteiger partial charge in [-0.05, 0) is 19.4 Å². The highest BCUT2D eigenvalue weighted by Gasteiger charge is 2.18. The molecule has 0 aliphatic heterocycles. The van der Waals surface area contributed by atoms with Crippen LogP contribution in [0.15, 0.2) is 18.3 Å². The van der Waals surface area contributed by atoms with Crippen LogP contribution in [-0.2, 0) is 6.42 Å². The molecule has 0 radical (unpaired) electrons. The first-order valence-corrected chi connectivity index (χ1v) is 7.56. The van der Waals surface area contributed by atoms with Gasteiger partial charge < -0.3 is 0 Å². The van der Waals surface area contributed by atoms with Crippen molar-refractivity contribution >= 4 is 39.6 Å². The lowest BCUT2D eigenvalue weighted by Gasteiger charge is -2.02. The molecule has 0 fully saturated rings. The molecule has 6 nitrogen and oxygen atoms in total. The molecule has 108 valence electrons. The summed E-state index contributed by atoms with van der Waals surface area (Å²) in [5, 5.41) is 12.6. The summed E-state index contributed by atoms with van der Waals surface area (Å²) in [5.74, 6) is -0.263. The van der Waals surface area contributed by atoms with Crippen molar-refractivity contribution in [1.29, 1.82) is 0 Å². The van der Waals surface area contributed by atoms with E-state index < -0.39 is 0 Å². The van der Waals surface area contributed by atoms with Crippen LogP contribution in [0, 0.1) is 6.92 Å². The largest absolute Gasteiger partial charge is 0.295 e. The number of anilines is 1. The highest BCUT2D eigenvalue weighted by atomic mass is 35.5. The number of imidazole rings is 1. The number of nitrogens with one attached hydrogen (secondary N) is 1. The van der Waals surface area contributed by atoms with E-state index in [0.717, 1.165) is 11.4 Å². The van der Waals surface area contributed by atoms with E-state index >= 15 is 0 Å². The summed E-state index contributed by atoms with van der Waals surface area (Å²) in [5.41, 5.74) is 1.74. The van der Waals surface area contributed by atoms with Gasteiger partial charge in [-0.1, -0.05) is 29.9 Å². The van der Waals surface area contributed by atoms with Gasteiger partial charge in [-0.15, -0.1) is 10.2 Å². The summed E-state index contributed by atoms with van der Waals surface area (Å²) in [6.07, 6.45) is 2.52. The molecule has 8 heteroatoms. The van der Waals surface area contributed by atoms with E-state index in [1.165, 1.54) is 11.3 Å². The van der Waals surface area contributed by atoms with Gasteiger partial charge in [-0.2, -0.15) is 0 Å². The zero-order valence-electron chi connectivity index (χ0n) is 11.4. The van der Waals surface area contributed by atoms with E-state index in [1.807, 2.05) is 6.92 Å². The number of carbonyl (C=O) groups is 1. The molecule has 1 amide bonds. The van der Waals surface area contributed by atoms with E-state index in [0.29, 0.717) is 27.2 Å². The average Bonchev–Trinajstić information content (AvgIpc) is 3.01. The molecule has 3 rings (SSSR count). The maximum absolute atomic E-state index is 12.4. The van der Waals surface area contributed by atoms with Crippen LogP contribution >= 0.6 is 22.9 Å². The minimum atomic E-state index is -0.263. The molecular formula is C13H12ClN5OS. The van der Waals surface area contributed by atoms with Crippen molar-refractivity contribution in [1.82, 2.24) is 19.6 Å². The van der Waals surface area contributed by atoms with Crippen LogP contribution in [0.5, 0.6) is 0 Å². The van der Waals surface area contributed by atoms with Crippen molar-refractivity contribution in [3.05, 3.63) is 39.7 Å². The average molecular weight is 322 g/mol. The summed E-state index contributed by atoms with van der Waals surface area (Å²) in [6, 6.07) is 3.43. The number of fused-ring (bicyclic) bond motifs is 1. The monoisotopic (exact) mass is 321 g/mol. The molecule has 0 aliphatic rings. The SMILES string of the molecule is CCc1nnc(NC(=O)c2c(C)nc3cc(Cl)ccn23)s1. The van der Waals surface area contributed by atoms with E-state index in [1.54, 1.807) is 29.7 Å². The maximum Gasteiger partial charge on any atom is 0.276 e. The Bertz CT molecular complexity index is 825. The van der Waals surface area contributed by atoms with Crippen LogP contribution in [0.25, 0.3) is 5.65 Å². The first kappa shape index (κ1) is 14.0. The smallest absolute Gasteiger partial charge is 0.276 e. The number of pyridine rings is 1. The number of halogens is 1. The molecule has 0 aliphatic carbocycles. The third kappa shape index (κ3) is 2.62. The van der Waals surface area contributed by atoms with E-state index in [9.17, 15) is 4.79 Å². The van der Waals surface area contributed by atoms with Crippen LogP contribution in [0.3, 0.4) is 0 Å². The van der Waals surface area contributed by atoms with Gasteiger partial charge in [0, 0.05) is 17.3 Å². The molecular weight excluding hydrogens is 310 g/mol. The number of aromatic nitrogens is 4. The van der Waals surface area contributed by atoms with Crippen molar-refractivity contribution in [3.63, 3.8) is 0 Å². The Morgan fingerprint density at radius 3 is 3.00 bits per heavy atom. The Morgan fingerprint density at radius 2 is 2.29 bits per heavy atom. The Balaban J connectivity index is 1.95. The number of hydrogen-bond acceptors (Lipinski definition) is 5. The van der Waals surface area contributed by atoms with Gasteiger partial charge >= 0.3 is 0 Å². The lowest BCUT2D eigenvalue weighted by molar-refractivity contribution is 0.102. The number of aryl methyl sites for hydroxylation is 2. The highest BCUT2D eigenvalue weighted by molar-refractivity contribution is 7.15. The van der Waals surface area contributed by atoms with Gasteiger partial charge in [0.05, 0.1) is 5.69 Å². The lowest BCUT2D eigenvalue weighted by Crippen LogP contribution is -2.15. The highest BCUT2D eigenvalue weighted by Crippen LogP contribution is 2.20. The molecule has 0 spiro atoms. The quantitative estimate of drug-likeness (QED) is 0.805. The second-order valence-electron chi connectivity index (χ2n) is 4.43. The minimum absolute atomic E-state index is 0.263. The van der Waals surface area contributed by atoms with Gasteiger partial charge in [0.2, 0.25) is 5.13 Å². The van der Waals surface area contributed by atoms with Crippen molar-refractivity contribution in [2.75, 3.05) is 5.32 Å². The van der Waals surface area contributed by atoms with Crippen molar-refractivity contribution in [3.8, 4) is 0 Å². The molecule has 0 saturated heterocycles. The number of amides is 1. The first-order valence-electron chi connectivity index (χ1n) is 6.36. The predicted molar refractivity (Wildman–Crippen MR) is 82.2 cm³/mol. The van der Waals surface area contributed by atoms with Gasteiger partial charge in [0.25, 0.3) is 5.91 Å². The fourth-order valence-electron chi connectivity index (χ4n) is 2.01. The molecule has 21 heavy (non-hydrogen) atoms. The van der Waals surface area contributed by atoms with Crippen LogP contribution in [0.4, 0.5) is 5.13 Å². The summed E-state index contributed by atoms with van der Waals surface area (Å²) in [7, 11) is 0. The van der Waals surface area contributed by atoms with Gasteiger partial charge in [-0.3, -0.25) is 14.5 Å². The van der Waals surface area contributed by atoms with Crippen LogP contribution in [0.1, 0.15) is 28.1 Å². The van der Waals surface area contributed by atoms with Crippen molar-refractivity contribution in [2.45, 2.75) is 20.3 Å². The second kappa shape index (κ2) is 5.42. The molecule has 0 atom stereocenters. The molecule has 3 aromatic rings. The Labute approximate surface area is 129 Å². The fourth-order valence-corrected chi connectivity index (χ4v) is 2.84. The molecule has 1 N–H and O–H groups in total. The molecule has 3 aromatic heterocycles. The lowest BCUT2D eigenvalue weighted by atomic mass is 10.3. The number of carbonyl (C=O) groups excluding carboxylic acids is 1. The Kier molecular flexibility index (Phi) is 3.60. The van der Waals surface area contributed by atoms with Crippen LogP contribution in [-0.4, -0.2) is 25.5 Å². The molecule has 3 heterocycles. The van der Waals surface area contributed by atoms with E-state index in [2.05, 4.69) is 20.5 Å². The van der Waals surface area contributed by atoms with Crippen molar-refractivity contribution < 1.29 is 4.79 Å². The number of nitrogens with zero attached hydrogens (tertiary/aromatic N) is 4. The number of rotatable bonds is 3. The maximum atomic E-state index is 12.4. The van der Waals surface area contributed by atoms with Gasteiger partial charge in [-0.25, -0.2) is 4.98 Å². The summed E-state index contributed by atoms with van der Waals surface area (Å²) >= 11 is 7.31. The standard InChI is InChI=1S/C13H12ClN5OS/c1-3-10-17-18-13(21-10)16-12(20)11-7(2)15-9-6-8(14)4-5-19(9)11/h4-6H,3H2,1-2H3,(H,16,18,20). The van der Waals surface area contributed by atoms with Gasteiger partial charge in [0.15, 0.2) is 0 Å². The van der Waals surface area contributed by atoms with Crippen LogP contribution in [0.2, 0.25) is 5.02 Å². The third-order valence-corrected chi connectivity index (χ3v) is 4.19. The summed E-state index contributed by atoms with van der Waals surface area (Å²) in [6.45, 7) is 3.78. The zero-order chi connectivity index (χ0) is 15.0. The molecule has 0 aromatic carbocycles. The zero-order valence-corrected chi connectivity index (χ0v) is 13.0. The second-order valence-corrected chi connectivity index (χ2v) is 5.93. The first-order chi connectivity index (χ1) is 10.1. The normalized spacial score (nSPS) is 11.0. The van der Waals surface area contributed by atoms with E-state index in [4.69, 9.17) is 11.6 Å². The molecule has 0 unspecified atom stereocenters. The Morgan fingerprint density at radius 1 is 1.48 bits per heavy atom. The summed E-state index contributed by atoms with van der Waals surface area (Å²) in [4.78, 5) is 16.8. The van der Waals surface area contributed by atoms with E-state index in [-0.39, 0.29) is 5.91 Å². The summed E-state index contributed by atoms with van der Waals surface area (Å²) < 4.78 is 1.71. The third-order valence-electron chi connectivity index (χ3n) is 2.97. The topological polar surface area (TPSA) is 72.2 Å². The fraction of sp³-hybridized carbons (Fsp3) is 0.231. The van der Waals surface area contributed by atoms with Crippen LogP contribution < -0.4 is 5.32 Å². The molecule has 0 bridgehead atoms. The predicted octanol–water partition coefficient (Wildman–Crippen LogP) is 2.96. The van der Waals surface area contributed by atoms with Crippen molar-refractivity contribution in [2.24, 2.45) is 0 Å². The minimum Gasteiger partial charge on any atom is -0.295 e.